The lowest BCUT2D eigenvalue weighted by Gasteiger charge is -2.05. The molecule has 4 rings (SSSR count). The fourth-order valence-corrected chi connectivity index (χ4v) is 5.40. The van der Waals surface area contributed by atoms with E-state index in [9.17, 15) is 13.2 Å². The van der Waals surface area contributed by atoms with Gasteiger partial charge in [0.15, 0.2) is 21.3 Å². The molecule has 0 aromatic heterocycles. The van der Waals surface area contributed by atoms with Crippen LogP contribution in [-0.2, 0) is 14.6 Å². The van der Waals surface area contributed by atoms with Crippen molar-refractivity contribution in [3.63, 3.8) is 0 Å². The molecule has 3 atom stereocenters. The molecule has 2 aromatic carbocycles. The van der Waals surface area contributed by atoms with E-state index in [1.807, 2.05) is 6.92 Å². The first-order valence-electron chi connectivity index (χ1n) is 7.68. The Kier molecular flexibility index (Phi) is 3.38. The molecule has 124 valence electrons. The number of rotatable bonds is 4. The number of aldehydes is 1. The highest BCUT2D eigenvalue weighted by Gasteiger charge is 2.59. The first kappa shape index (κ1) is 15.2. The van der Waals surface area contributed by atoms with Gasteiger partial charge in [0.25, 0.3) is 0 Å². The molecule has 0 spiro atoms. The third-order valence-corrected chi connectivity index (χ3v) is 6.91. The number of carbonyl (C=O) groups is 1. The Balaban J connectivity index is 1.68. The molecule has 0 radical (unpaired) electrons. The van der Waals surface area contributed by atoms with E-state index >= 15 is 0 Å². The zero-order valence-corrected chi connectivity index (χ0v) is 13.8. The molecule has 1 heterocycles. The number of aryl methyl sites for hydroxylation is 1. The predicted molar refractivity (Wildman–Crippen MR) is 87.0 cm³/mol. The maximum atomic E-state index is 12.9. The fourth-order valence-electron chi connectivity index (χ4n) is 3.28. The number of hydrogen-bond donors (Lipinski definition) is 0. The van der Waals surface area contributed by atoms with Crippen molar-refractivity contribution in [3.8, 4) is 11.5 Å². The van der Waals surface area contributed by atoms with Gasteiger partial charge in [-0.2, -0.15) is 0 Å². The summed E-state index contributed by atoms with van der Waals surface area (Å²) in [6.45, 7) is 2.06. The van der Waals surface area contributed by atoms with Crippen LogP contribution in [0.1, 0.15) is 17.0 Å². The molecule has 0 saturated heterocycles. The zero-order chi connectivity index (χ0) is 16.9. The van der Waals surface area contributed by atoms with Crippen LogP contribution in [0.5, 0.6) is 11.5 Å². The molecule has 1 aliphatic heterocycles. The van der Waals surface area contributed by atoms with Crippen molar-refractivity contribution < 1.29 is 22.7 Å². The maximum Gasteiger partial charge on any atom is 0.231 e. The number of hydrogen-bond acceptors (Lipinski definition) is 5. The zero-order valence-electron chi connectivity index (χ0n) is 13.0. The molecule has 0 bridgehead atoms. The average molecular weight is 344 g/mol. The third kappa shape index (κ3) is 2.29. The molecule has 0 amide bonds. The molecular formula is C18H16O5S. The monoisotopic (exact) mass is 344 g/mol. The van der Waals surface area contributed by atoms with Crippen LogP contribution in [-0.4, -0.2) is 26.7 Å². The minimum Gasteiger partial charge on any atom is -0.454 e. The largest absolute Gasteiger partial charge is 0.454 e. The first-order valence-corrected chi connectivity index (χ1v) is 9.22. The van der Waals surface area contributed by atoms with Gasteiger partial charge in [-0.05, 0) is 36.8 Å². The molecule has 1 saturated carbocycles. The summed E-state index contributed by atoms with van der Waals surface area (Å²) in [5.74, 6) is 0.357. The van der Waals surface area contributed by atoms with Crippen molar-refractivity contribution in [2.45, 2.75) is 23.0 Å². The highest BCUT2D eigenvalue weighted by atomic mass is 32.2. The Morgan fingerprint density at radius 2 is 1.75 bits per heavy atom. The molecular weight excluding hydrogens is 328 g/mol. The Hall–Kier alpha value is -2.34. The standard InChI is InChI=1S/C18H16O5S/c1-11-2-5-13(6-3-11)24(20,21)18-14(9-19)17(18)12-4-7-15-16(8-12)23-10-22-15/h2-9,14,17-18H,10H2,1H3/t14-,17+,18+/m1/s1. The second kappa shape index (κ2) is 5.34. The van der Waals surface area contributed by atoms with Gasteiger partial charge in [0.1, 0.15) is 6.29 Å². The minimum atomic E-state index is -3.56. The summed E-state index contributed by atoms with van der Waals surface area (Å²) in [7, 11) is -3.56. The summed E-state index contributed by atoms with van der Waals surface area (Å²) < 4.78 is 36.4. The summed E-state index contributed by atoms with van der Waals surface area (Å²) >= 11 is 0. The van der Waals surface area contributed by atoms with E-state index in [0.29, 0.717) is 11.5 Å². The molecule has 2 aliphatic rings. The normalized spacial score (nSPS) is 24.6. The number of carbonyl (C=O) groups excluding carboxylic acids is 1. The third-order valence-electron chi connectivity index (χ3n) is 4.65. The van der Waals surface area contributed by atoms with E-state index in [2.05, 4.69) is 0 Å². The quantitative estimate of drug-likeness (QED) is 0.797. The summed E-state index contributed by atoms with van der Waals surface area (Å²) in [5, 5.41) is -0.724. The Labute approximate surface area is 140 Å². The fraction of sp³-hybridized carbons (Fsp3) is 0.278. The lowest BCUT2D eigenvalue weighted by Crippen LogP contribution is -2.11. The van der Waals surface area contributed by atoms with Crippen LogP contribution in [0.4, 0.5) is 0 Å². The highest BCUT2D eigenvalue weighted by Crippen LogP contribution is 2.54. The molecule has 1 aliphatic carbocycles. The van der Waals surface area contributed by atoms with Crippen molar-refractivity contribution in [1.29, 1.82) is 0 Å². The van der Waals surface area contributed by atoms with Crippen LogP contribution in [0.25, 0.3) is 0 Å². The van der Waals surface area contributed by atoms with Gasteiger partial charge in [-0.25, -0.2) is 8.42 Å². The Bertz CT molecular complexity index is 902. The average Bonchev–Trinajstić information content (AvgIpc) is 3.15. The van der Waals surface area contributed by atoms with E-state index < -0.39 is 21.0 Å². The van der Waals surface area contributed by atoms with Crippen molar-refractivity contribution in [2.24, 2.45) is 5.92 Å². The number of benzene rings is 2. The smallest absolute Gasteiger partial charge is 0.231 e. The maximum absolute atomic E-state index is 12.9. The molecule has 0 N–H and O–H groups in total. The van der Waals surface area contributed by atoms with Crippen molar-refractivity contribution in [3.05, 3.63) is 53.6 Å². The molecule has 1 fully saturated rings. The van der Waals surface area contributed by atoms with Gasteiger partial charge in [0, 0.05) is 11.8 Å². The van der Waals surface area contributed by atoms with Crippen molar-refractivity contribution in [1.82, 2.24) is 0 Å². The summed E-state index contributed by atoms with van der Waals surface area (Å²) in [4.78, 5) is 11.7. The highest BCUT2D eigenvalue weighted by molar-refractivity contribution is 7.92. The number of fused-ring (bicyclic) bond motifs is 1. The molecule has 5 nitrogen and oxygen atoms in total. The van der Waals surface area contributed by atoms with Gasteiger partial charge in [-0.15, -0.1) is 0 Å². The van der Waals surface area contributed by atoms with Gasteiger partial charge in [0.05, 0.1) is 10.1 Å². The second-order valence-corrected chi connectivity index (χ2v) is 8.28. The van der Waals surface area contributed by atoms with Gasteiger partial charge in [-0.1, -0.05) is 23.8 Å². The van der Waals surface area contributed by atoms with Crippen molar-refractivity contribution in [2.75, 3.05) is 6.79 Å². The molecule has 24 heavy (non-hydrogen) atoms. The molecule has 2 aromatic rings. The van der Waals surface area contributed by atoms with E-state index in [0.717, 1.165) is 17.4 Å². The number of ether oxygens (including phenoxy) is 2. The first-order chi connectivity index (χ1) is 11.5. The lowest BCUT2D eigenvalue weighted by atomic mass is 10.1. The van der Waals surface area contributed by atoms with Crippen LogP contribution in [0.2, 0.25) is 0 Å². The van der Waals surface area contributed by atoms with Gasteiger partial charge >= 0.3 is 0 Å². The van der Waals surface area contributed by atoms with Gasteiger partial charge in [-0.3, -0.25) is 0 Å². The Morgan fingerprint density at radius 3 is 2.46 bits per heavy atom. The van der Waals surface area contributed by atoms with E-state index in [1.165, 1.54) is 0 Å². The molecule has 6 heteroatoms. The van der Waals surface area contributed by atoms with E-state index in [1.54, 1.807) is 42.5 Å². The summed E-state index contributed by atoms with van der Waals surface area (Å²) in [5.41, 5.74) is 1.78. The van der Waals surface area contributed by atoms with Crippen LogP contribution < -0.4 is 9.47 Å². The Morgan fingerprint density at radius 1 is 1.04 bits per heavy atom. The number of sulfone groups is 1. The van der Waals surface area contributed by atoms with Gasteiger partial charge < -0.3 is 14.3 Å². The summed E-state index contributed by atoms with van der Waals surface area (Å²) in [6.07, 6.45) is 0.742. The van der Waals surface area contributed by atoms with Crippen LogP contribution in [0.15, 0.2) is 47.4 Å². The van der Waals surface area contributed by atoms with Gasteiger partial charge in [0.2, 0.25) is 6.79 Å². The minimum absolute atomic E-state index is 0.158. The van der Waals surface area contributed by atoms with Crippen LogP contribution in [0.3, 0.4) is 0 Å². The predicted octanol–water partition coefficient (Wildman–Crippen LogP) is 2.48. The van der Waals surface area contributed by atoms with Crippen LogP contribution >= 0.6 is 0 Å². The second-order valence-electron chi connectivity index (χ2n) is 6.17. The lowest BCUT2D eigenvalue weighted by molar-refractivity contribution is -0.108. The SMILES string of the molecule is Cc1ccc(S(=O)(=O)[C@H]2[C@H](C=O)[C@@H]2c2ccc3c(c2)OCO3)cc1. The molecule has 0 unspecified atom stereocenters. The van der Waals surface area contributed by atoms with Crippen LogP contribution in [0, 0.1) is 12.8 Å². The van der Waals surface area contributed by atoms with Crippen molar-refractivity contribution >= 4 is 16.1 Å². The topological polar surface area (TPSA) is 69.7 Å². The van der Waals surface area contributed by atoms with E-state index in [4.69, 9.17) is 9.47 Å². The summed E-state index contributed by atoms with van der Waals surface area (Å²) in [6, 6.07) is 12.1. The van der Waals surface area contributed by atoms with E-state index in [-0.39, 0.29) is 17.6 Å².